The quantitative estimate of drug-likeness (QED) is 0.829. The van der Waals surface area contributed by atoms with Crippen LogP contribution in [0.4, 0.5) is 4.39 Å². The number of nitrogens with one attached hydrogen (secondary N) is 1. The monoisotopic (exact) mass is 335 g/mol. The Morgan fingerprint density at radius 1 is 1.38 bits per heavy atom. The van der Waals surface area contributed by atoms with Crippen molar-refractivity contribution in [2.24, 2.45) is 0 Å². The van der Waals surface area contributed by atoms with Crippen molar-refractivity contribution in [3.05, 3.63) is 33.6 Å². The molecule has 1 amide bonds. The molecule has 0 radical (unpaired) electrons. The molecule has 1 aromatic carbocycles. The number of carboxylic acid groups (broad SMARTS) is 1. The molecule has 114 valence electrons. The molecule has 2 N–H and O–H groups in total. The van der Waals surface area contributed by atoms with Crippen LogP contribution in [0.2, 0.25) is 10.0 Å². The van der Waals surface area contributed by atoms with Crippen LogP contribution in [0.3, 0.4) is 0 Å². The van der Waals surface area contributed by atoms with Crippen molar-refractivity contribution in [3.8, 4) is 0 Å². The Kier molecular flexibility index (Phi) is 4.70. The van der Waals surface area contributed by atoms with Gasteiger partial charge in [0.25, 0.3) is 5.91 Å². The second-order valence-electron chi connectivity index (χ2n) is 4.85. The van der Waals surface area contributed by atoms with Crippen molar-refractivity contribution in [1.82, 2.24) is 5.32 Å². The minimum Gasteiger partial charge on any atom is -0.481 e. The summed E-state index contributed by atoms with van der Waals surface area (Å²) in [4.78, 5) is 23.2. The van der Waals surface area contributed by atoms with E-state index in [0.29, 0.717) is 13.0 Å². The zero-order valence-corrected chi connectivity index (χ0v) is 12.3. The lowest BCUT2D eigenvalue weighted by Gasteiger charge is -2.27. The van der Waals surface area contributed by atoms with E-state index >= 15 is 0 Å². The van der Waals surface area contributed by atoms with Crippen LogP contribution < -0.4 is 5.32 Å². The molecule has 5 nitrogen and oxygen atoms in total. The van der Waals surface area contributed by atoms with Gasteiger partial charge in [-0.15, -0.1) is 0 Å². The third-order valence-corrected chi connectivity index (χ3v) is 3.83. The van der Waals surface area contributed by atoms with Gasteiger partial charge in [-0.3, -0.25) is 9.59 Å². The number of hydrogen-bond donors (Lipinski definition) is 2. The fourth-order valence-corrected chi connectivity index (χ4v) is 2.65. The first-order valence-electron chi connectivity index (χ1n) is 6.10. The molecule has 1 atom stereocenters. The zero-order chi connectivity index (χ0) is 15.6. The smallest absolute Gasteiger partial charge is 0.305 e. The van der Waals surface area contributed by atoms with Crippen molar-refractivity contribution >= 4 is 35.1 Å². The molecule has 1 fully saturated rings. The third kappa shape index (κ3) is 3.64. The van der Waals surface area contributed by atoms with Gasteiger partial charge in [0, 0.05) is 6.61 Å². The van der Waals surface area contributed by atoms with Gasteiger partial charge in [0.15, 0.2) is 0 Å². The van der Waals surface area contributed by atoms with Crippen molar-refractivity contribution in [2.75, 3.05) is 13.2 Å². The van der Waals surface area contributed by atoms with Crippen molar-refractivity contribution < 1.29 is 23.8 Å². The molecule has 2 rings (SSSR count). The molecule has 1 aromatic rings. The van der Waals surface area contributed by atoms with Gasteiger partial charge < -0.3 is 15.2 Å². The lowest BCUT2D eigenvalue weighted by atomic mass is 9.93. The van der Waals surface area contributed by atoms with E-state index in [9.17, 15) is 14.0 Å². The molecular weight excluding hydrogens is 324 g/mol. The molecule has 0 aromatic heterocycles. The number of rotatable bonds is 4. The molecule has 0 bridgehead atoms. The van der Waals surface area contributed by atoms with Gasteiger partial charge in [0.1, 0.15) is 5.82 Å². The van der Waals surface area contributed by atoms with E-state index < -0.39 is 23.2 Å². The second kappa shape index (κ2) is 6.17. The maximum atomic E-state index is 13.4. The summed E-state index contributed by atoms with van der Waals surface area (Å²) in [5.74, 6) is -2.50. The maximum absolute atomic E-state index is 13.4. The lowest BCUT2D eigenvalue weighted by molar-refractivity contribution is -0.138. The summed E-state index contributed by atoms with van der Waals surface area (Å²) >= 11 is 11.4. The molecule has 0 aliphatic carbocycles. The number of hydrogen-bond acceptors (Lipinski definition) is 3. The number of benzene rings is 1. The molecule has 0 spiro atoms. The normalized spacial score (nSPS) is 21.3. The maximum Gasteiger partial charge on any atom is 0.305 e. The molecule has 1 aliphatic rings. The van der Waals surface area contributed by atoms with Crippen LogP contribution in [-0.4, -0.2) is 35.7 Å². The van der Waals surface area contributed by atoms with E-state index in [2.05, 4.69) is 5.32 Å². The molecular formula is C13H12Cl2FNO4. The lowest BCUT2D eigenvalue weighted by Crippen LogP contribution is -2.50. The Bertz CT molecular complexity index is 588. The predicted octanol–water partition coefficient (Wildman–Crippen LogP) is 2.50. The van der Waals surface area contributed by atoms with Crippen LogP contribution in [0.1, 0.15) is 23.2 Å². The number of ether oxygens (including phenoxy) is 1. The highest BCUT2D eigenvalue weighted by atomic mass is 35.5. The average Bonchev–Trinajstić information content (AvgIpc) is 2.80. The van der Waals surface area contributed by atoms with Crippen LogP contribution in [0, 0.1) is 5.82 Å². The number of carboxylic acids is 1. The van der Waals surface area contributed by atoms with E-state index in [1.807, 2.05) is 0 Å². The van der Waals surface area contributed by atoms with Gasteiger partial charge in [0.05, 0.1) is 34.2 Å². The summed E-state index contributed by atoms with van der Waals surface area (Å²) in [6.45, 7) is 0.426. The van der Waals surface area contributed by atoms with Crippen LogP contribution >= 0.6 is 23.2 Å². The molecule has 21 heavy (non-hydrogen) atoms. The van der Waals surface area contributed by atoms with Gasteiger partial charge in [-0.2, -0.15) is 0 Å². The van der Waals surface area contributed by atoms with Gasteiger partial charge >= 0.3 is 5.97 Å². The fourth-order valence-electron chi connectivity index (χ4n) is 2.18. The Hall–Kier alpha value is -1.37. The Labute approximate surface area is 130 Å². The number of carbonyl (C=O) groups is 2. The Morgan fingerprint density at radius 3 is 2.67 bits per heavy atom. The molecule has 1 heterocycles. The molecule has 1 saturated heterocycles. The van der Waals surface area contributed by atoms with Crippen LogP contribution in [0.25, 0.3) is 0 Å². The fraction of sp³-hybridized carbons (Fsp3) is 0.385. The highest BCUT2D eigenvalue weighted by Gasteiger charge is 2.39. The number of amides is 1. The molecule has 1 aliphatic heterocycles. The van der Waals surface area contributed by atoms with Crippen LogP contribution in [0.5, 0.6) is 0 Å². The summed E-state index contributed by atoms with van der Waals surface area (Å²) in [7, 11) is 0. The number of carbonyl (C=O) groups excluding carboxylic acids is 1. The zero-order valence-electron chi connectivity index (χ0n) is 10.8. The van der Waals surface area contributed by atoms with E-state index in [4.69, 9.17) is 33.0 Å². The van der Waals surface area contributed by atoms with Gasteiger partial charge in [-0.1, -0.05) is 23.2 Å². The first-order valence-corrected chi connectivity index (χ1v) is 6.85. The Morgan fingerprint density at radius 2 is 2.10 bits per heavy atom. The van der Waals surface area contributed by atoms with Crippen molar-refractivity contribution in [3.63, 3.8) is 0 Å². The van der Waals surface area contributed by atoms with Gasteiger partial charge in [-0.05, 0) is 18.6 Å². The Balaban J connectivity index is 2.24. The van der Waals surface area contributed by atoms with Gasteiger partial charge in [-0.25, -0.2) is 4.39 Å². The second-order valence-corrected chi connectivity index (χ2v) is 5.67. The summed E-state index contributed by atoms with van der Waals surface area (Å²) in [5.41, 5.74) is -1.11. The van der Waals surface area contributed by atoms with Gasteiger partial charge in [0.2, 0.25) is 0 Å². The SMILES string of the molecule is O=C(O)CC1(NC(=O)c2cc(F)c(Cl)cc2Cl)CCOC1. The third-order valence-electron chi connectivity index (χ3n) is 3.23. The van der Waals surface area contributed by atoms with E-state index in [1.54, 1.807) is 0 Å². The standard InChI is InChI=1S/C13H12Cl2FNO4/c14-8-4-9(15)10(16)3-7(8)12(20)17-13(5-11(18)19)1-2-21-6-13/h3-4H,1-2,5-6H2,(H,17,20)(H,18,19). The highest BCUT2D eigenvalue weighted by Crippen LogP contribution is 2.27. The molecule has 8 heteroatoms. The van der Waals surface area contributed by atoms with E-state index in [0.717, 1.165) is 12.1 Å². The van der Waals surface area contributed by atoms with E-state index in [-0.39, 0.29) is 28.6 Å². The summed E-state index contributed by atoms with van der Waals surface area (Å²) in [5, 5.41) is 11.3. The highest BCUT2D eigenvalue weighted by molar-refractivity contribution is 6.36. The number of aliphatic carboxylic acids is 1. The summed E-state index contributed by atoms with van der Waals surface area (Å²) < 4.78 is 18.6. The van der Waals surface area contributed by atoms with Crippen LogP contribution in [-0.2, 0) is 9.53 Å². The summed E-state index contributed by atoms with van der Waals surface area (Å²) in [6, 6.07) is 2.05. The minimum atomic E-state index is -1.06. The van der Waals surface area contributed by atoms with Crippen molar-refractivity contribution in [2.45, 2.75) is 18.4 Å². The summed E-state index contributed by atoms with van der Waals surface area (Å²) in [6.07, 6.45) is 0.0746. The first-order chi connectivity index (χ1) is 9.83. The largest absolute Gasteiger partial charge is 0.481 e. The average molecular weight is 336 g/mol. The first kappa shape index (κ1) is 16.0. The van der Waals surface area contributed by atoms with Crippen molar-refractivity contribution in [1.29, 1.82) is 0 Å². The number of halogens is 3. The predicted molar refractivity (Wildman–Crippen MR) is 74.3 cm³/mol. The van der Waals surface area contributed by atoms with Crippen LogP contribution in [0.15, 0.2) is 12.1 Å². The molecule has 0 saturated carbocycles. The minimum absolute atomic E-state index is 0.0108. The van der Waals surface area contributed by atoms with E-state index in [1.165, 1.54) is 0 Å². The topological polar surface area (TPSA) is 75.6 Å². The molecule has 1 unspecified atom stereocenters.